The van der Waals surface area contributed by atoms with Crippen LogP contribution in [0.4, 0.5) is 4.79 Å². The maximum atomic E-state index is 13.3. The Kier molecular flexibility index (Phi) is 3.61. The molecule has 0 aromatic heterocycles. The highest BCUT2D eigenvalue weighted by Crippen LogP contribution is 2.60. The molecule has 28 heavy (non-hydrogen) atoms. The smallest absolute Gasteiger partial charge is 0.325 e. The molecule has 0 radical (unpaired) electrons. The number of likely N-dealkylation sites (N-methyl/N-ethyl adjacent to an activating group) is 2. The first kappa shape index (κ1) is 18.1. The molecule has 2 N–H and O–H groups in total. The Morgan fingerprint density at radius 1 is 1.25 bits per heavy atom. The SMILES string of the molecule is CCN1C(=O)N[C@]2(CC[C@@]3(O)[C@H]4Cc5ccc(C)cc5[C@@]3(CCN4C)C2)C1=O. The van der Waals surface area contributed by atoms with E-state index in [1.165, 1.54) is 21.6 Å². The lowest BCUT2D eigenvalue weighted by molar-refractivity contribution is -0.177. The number of carbonyl (C=O) groups excluding carboxylic acids is 2. The number of nitrogens with zero attached hydrogens (tertiary/aromatic N) is 2. The number of rotatable bonds is 1. The molecule has 2 aliphatic carbocycles. The highest BCUT2D eigenvalue weighted by molar-refractivity contribution is 6.07. The van der Waals surface area contributed by atoms with Gasteiger partial charge in [-0.1, -0.05) is 23.8 Å². The van der Waals surface area contributed by atoms with Gasteiger partial charge in [-0.25, -0.2) is 4.79 Å². The van der Waals surface area contributed by atoms with Crippen LogP contribution in [0.1, 0.15) is 49.3 Å². The van der Waals surface area contributed by atoms with E-state index in [2.05, 4.69) is 42.4 Å². The number of hydrogen-bond acceptors (Lipinski definition) is 4. The largest absolute Gasteiger partial charge is 0.387 e. The maximum Gasteiger partial charge on any atom is 0.325 e. The number of amides is 3. The maximum absolute atomic E-state index is 13.3. The minimum atomic E-state index is -0.891. The second kappa shape index (κ2) is 5.57. The number of aryl methyl sites for hydroxylation is 1. The number of aliphatic hydroxyl groups is 1. The number of fused-ring (bicyclic) bond motifs is 1. The average Bonchev–Trinajstić information content (AvgIpc) is 2.89. The normalized spacial score (nSPS) is 39.7. The van der Waals surface area contributed by atoms with Gasteiger partial charge in [0.15, 0.2) is 0 Å². The molecular formula is C22H29N3O3. The molecule has 2 heterocycles. The molecule has 3 fully saturated rings. The van der Waals surface area contributed by atoms with Crippen molar-refractivity contribution in [3.05, 3.63) is 34.9 Å². The third kappa shape index (κ3) is 2.00. The van der Waals surface area contributed by atoms with E-state index >= 15 is 0 Å². The molecule has 4 aliphatic rings. The minimum absolute atomic E-state index is 0.0447. The van der Waals surface area contributed by atoms with Crippen LogP contribution in [0.3, 0.4) is 0 Å². The van der Waals surface area contributed by atoms with Gasteiger partial charge in [0.1, 0.15) is 5.54 Å². The monoisotopic (exact) mass is 383 g/mol. The third-order valence-electron chi connectivity index (χ3n) is 8.10. The number of imide groups is 1. The molecule has 6 heteroatoms. The Morgan fingerprint density at radius 2 is 2.04 bits per heavy atom. The van der Waals surface area contributed by atoms with Crippen LogP contribution >= 0.6 is 0 Å². The summed E-state index contributed by atoms with van der Waals surface area (Å²) < 4.78 is 0. The van der Waals surface area contributed by atoms with Gasteiger partial charge < -0.3 is 15.3 Å². The Labute approximate surface area is 165 Å². The topological polar surface area (TPSA) is 72.9 Å². The summed E-state index contributed by atoms with van der Waals surface area (Å²) in [5.74, 6) is -0.119. The van der Waals surface area contributed by atoms with Crippen LogP contribution < -0.4 is 5.32 Å². The molecule has 1 aromatic rings. The van der Waals surface area contributed by atoms with Crippen molar-refractivity contribution < 1.29 is 14.7 Å². The van der Waals surface area contributed by atoms with Gasteiger partial charge >= 0.3 is 6.03 Å². The Morgan fingerprint density at radius 3 is 2.75 bits per heavy atom. The van der Waals surface area contributed by atoms with Crippen LogP contribution in [0.5, 0.6) is 0 Å². The van der Waals surface area contributed by atoms with Crippen molar-refractivity contribution in [2.75, 3.05) is 20.1 Å². The molecule has 150 valence electrons. The molecular weight excluding hydrogens is 354 g/mol. The molecule has 2 bridgehead atoms. The molecule has 3 amide bonds. The number of urea groups is 1. The van der Waals surface area contributed by atoms with Crippen LogP contribution in [0.2, 0.25) is 0 Å². The van der Waals surface area contributed by atoms with Crippen molar-refractivity contribution in [2.45, 2.75) is 68.5 Å². The van der Waals surface area contributed by atoms with E-state index in [1.54, 1.807) is 0 Å². The summed E-state index contributed by atoms with van der Waals surface area (Å²) in [6.07, 6.45) is 3.14. The molecule has 2 saturated heterocycles. The summed E-state index contributed by atoms with van der Waals surface area (Å²) in [6, 6.07) is 6.28. The molecule has 4 atom stereocenters. The summed E-state index contributed by atoms with van der Waals surface area (Å²) in [4.78, 5) is 29.3. The second-order valence-corrected chi connectivity index (χ2v) is 9.36. The summed E-state index contributed by atoms with van der Waals surface area (Å²) >= 11 is 0. The van der Waals surface area contributed by atoms with E-state index in [0.29, 0.717) is 25.8 Å². The second-order valence-electron chi connectivity index (χ2n) is 9.36. The molecule has 0 unspecified atom stereocenters. The third-order valence-corrected chi connectivity index (χ3v) is 8.10. The van der Waals surface area contributed by atoms with Gasteiger partial charge in [0, 0.05) is 18.0 Å². The standard InChI is InChI=1S/C22H29N3O3/c1-4-25-18(26)21(23-19(25)27)7-8-22(28)17-12-15-6-5-14(2)11-16(15)20(22,13-21)9-10-24(17)3/h5-6,11,17,28H,4,7-10,12-13H2,1-3H3,(H,23,27)/t17-,20-,21+,22-/m1/s1. The Hall–Kier alpha value is -1.92. The van der Waals surface area contributed by atoms with E-state index in [-0.39, 0.29) is 18.0 Å². The summed E-state index contributed by atoms with van der Waals surface area (Å²) in [5.41, 5.74) is 1.36. The fraction of sp³-hybridized carbons (Fsp3) is 0.636. The van der Waals surface area contributed by atoms with E-state index in [4.69, 9.17) is 0 Å². The molecule has 1 aromatic carbocycles. The van der Waals surface area contributed by atoms with E-state index in [9.17, 15) is 14.7 Å². The van der Waals surface area contributed by atoms with Gasteiger partial charge in [0.25, 0.3) is 5.91 Å². The summed E-state index contributed by atoms with van der Waals surface area (Å²) in [5, 5.41) is 15.1. The molecule has 5 rings (SSSR count). The summed E-state index contributed by atoms with van der Waals surface area (Å²) in [7, 11) is 2.09. The van der Waals surface area contributed by atoms with E-state index in [0.717, 1.165) is 19.4 Å². The fourth-order valence-corrected chi connectivity index (χ4v) is 6.64. The van der Waals surface area contributed by atoms with Crippen LogP contribution in [-0.2, 0) is 16.6 Å². The molecule has 1 saturated carbocycles. The molecule has 2 aliphatic heterocycles. The fourth-order valence-electron chi connectivity index (χ4n) is 6.64. The first-order valence-electron chi connectivity index (χ1n) is 10.4. The molecule has 1 spiro atoms. The average molecular weight is 383 g/mol. The van der Waals surface area contributed by atoms with E-state index in [1.807, 2.05) is 6.92 Å². The molecule has 6 nitrogen and oxygen atoms in total. The lowest BCUT2D eigenvalue weighted by Crippen LogP contribution is -2.75. The van der Waals surface area contributed by atoms with Gasteiger partial charge in [0.2, 0.25) is 0 Å². The first-order chi connectivity index (χ1) is 13.3. The van der Waals surface area contributed by atoms with Gasteiger partial charge in [-0.05, 0) is 70.7 Å². The van der Waals surface area contributed by atoms with Crippen molar-refractivity contribution in [1.29, 1.82) is 0 Å². The number of carbonyl (C=O) groups is 2. The van der Waals surface area contributed by atoms with Crippen LogP contribution in [0.15, 0.2) is 18.2 Å². The van der Waals surface area contributed by atoms with Crippen molar-refractivity contribution in [3.63, 3.8) is 0 Å². The van der Waals surface area contributed by atoms with Crippen LogP contribution in [-0.4, -0.2) is 64.2 Å². The van der Waals surface area contributed by atoms with Crippen LogP contribution in [0, 0.1) is 6.92 Å². The lowest BCUT2D eigenvalue weighted by Gasteiger charge is -2.65. The number of nitrogens with one attached hydrogen (secondary N) is 1. The Bertz CT molecular complexity index is 886. The number of benzene rings is 1. The Balaban J connectivity index is 1.69. The van der Waals surface area contributed by atoms with Crippen molar-refractivity contribution in [1.82, 2.24) is 15.1 Å². The lowest BCUT2D eigenvalue weighted by atomic mass is 9.46. The van der Waals surface area contributed by atoms with Crippen LogP contribution in [0.25, 0.3) is 0 Å². The van der Waals surface area contributed by atoms with Crippen molar-refractivity contribution in [2.24, 2.45) is 0 Å². The van der Waals surface area contributed by atoms with Gasteiger partial charge in [-0.2, -0.15) is 0 Å². The zero-order valence-corrected chi connectivity index (χ0v) is 16.9. The van der Waals surface area contributed by atoms with E-state index < -0.39 is 16.6 Å². The quantitative estimate of drug-likeness (QED) is 0.725. The highest BCUT2D eigenvalue weighted by Gasteiger charge is 2.69. The van der Waals surface area contributed by atoms with Crippen molar-refractivity contribution in [3.8, 4) is 0 Å². The number of hydrogen-bond donors (Lipinski definition) is 2. The number of likely N-dealkylation sites (tertiary alicyclic amines) is 1. The van der Waals surface area contributed by atoms with Gasteiger partial charge in [-0.15, -0.1) is 0 Å². The van der Waals surface area contributed by atoms with Gasteiger partial charge in [-0.3, -0.25) is 9.69 Å². The zero-order valence-electron chi connectivity index (χ0n) is 16.9. The highest BCUT2D eigenvalue weighted by atomic mass is 16.3. The first-order valence-corrected chi connectivity index (χ1v) is 10.4. The predicted molar refractivity (Wildman–Crippen MR) is 105 cm³/mol. The van der Waals surface area contributed by atoms with Crippen molar-refractivity contribution >= 4 is 11.9 Å². The predicted octanol–water partition coefficient (Wildman–Crippen LogP) is 1.72. The zero-order chi connectivity index (χ0) is 19.9. The number of piperidine rings is 1. The minimum Gasteiger partial charge on any atom is -0.387 e. The summed E-state index contributed by atoms with van der Waals surface area (Å²) in [6.45, 7) is 5.18. The van der Waals surface area contributed by atoms with Gasteiger partial charge in [0.05, 0.1) is 5.60 Å².